The summed E-state index contributed by atoms with van der Waals surface area (Å²) < 4.78 is 5.31. The summed E-state index contributed by atoms with van der Waals surface area (Å²) in [5, 5.41) is 0. The summed E-state index contributed by atoms with van der Waals surface area (Å²) in [5.74, 6) is 1.00. The van der Waals surface area contributed by atoms with Gasteiger partial charge < -0.3 is 9.64 Å². The number of carbonyl (C=O) groups excluding carboxylic acids is 1. The Labute approximate surface area is 160 Å². The van der Waals surface area contributed by atoms with Crippen LogP contribution in [0.4, 0.5) is 5.69 Å². The zero-order valence-electron chi connectivity index (χ0n) is 15.7. The van der Waals surface area contributed by atoms with Crippen LogP contribution in [0.2, 0.25) is 0 Å². The van der Waals surface area contributed by atoms with E-state index in [1.54, 1.807) is 18.9 Å². The number of aryl methyl sites for hydroxylation is 1. The molecule has 4 nitrogen and oxygen atoms in total. The standard InChI is InChI=1S/C21H26N2O2S/c1-22(14-16-6-9-19(26-3)10-7-16)15-21(24)23-12-4-5-17-13-18(25-2)8-11-20(17)23/h6-11,13H,4-5,12,14-15H2,1-3H3. The molecule has 138 valence electrons. The first-order valence-electron chi connectivity index (χ1n) is 8.89. The van der Waals surface area contributed by atoms with Crippen LogP contribution in [0, 0.1) is 0 Å². The molecule has 0 aliphatic carbocycles. The van der Waals surface area contributed by atoms with Gasteiger partial charge in [-0.2, -0.15) is 0 Å². The van der Waals surface area contributed by atoms with Crippen LogP contribution < -0.4 is 9.64 Å². The Bertz CT molecular complexity index is 761. The van der Waals surface area contributed by atoms with E-state index in [0.717, 1.165) is 37.4 Å². The van der Waals surface area contributed by atoms with Crippen molar-refractivity contribution in [2.75, 3.05) is 38.4 Å². The number of hydrogen-bond donors (Lipinski definition) is 0. The predicted octanol–water partition coefficient (Wildman–Crippen LogP) is 3.83. The van der Waals surface area contributed by atoms with Crippen molar-refractivity contribution in [3.05, 3.63) is 53.6 Å². The van der Waals surface area contributed by atoms with Gasteiger partial charge in [0.25, 0.3) is 0 Å². The average molecular weight is 371 g/mol. The van der Waals surface area contributed by atoms with Crippen molar-refractivity contribution in [1.29, 1.82) is 0 Å². The number of anilines is 1. The number of likely N-dealkylation sites (N-methyl/N-ethyl adjacent to an activating group) is 1. The van der Waals surface area contributed by atoms with Gasteiger partial charge in [-0.1, -0.05) is 12.1 Å². The molecule has 3 rings (SSSR count). The van der Waals surface area contributed by atoms with E-state index in [0.29, 0.717) is 6.54 Å². The van der Waals surface area contributed by atoms with Crippen molar-refractivity contribution < 1.29 is 9.53 Å². The molecule has 0 saturated carbocycles. The van der Waals surface area contributed by atoms with Crippen LogP contribution in [0.5, 0.6) is 5.75 Å². The summed E-state index contributed by atoms with van der Waals surface area (Å²) in [6.45, 7) is 1.97. The van der Waals surface area contributed by atoms with Crippen LogP contribution in [0.25, 0.3) is 0 Å². The average Bonchev–Trinajstić information content (AvgIpc) is 2.67. The number of benzene rings is 2. The van der Waals surface area contributed by atoms with Crippen LogP contribution in [0.15, 0.2) is 47.4 Å². The van der Waals surface area contributed by atoms with E-state index in [1.807, 2.05) is 30.1 Å². The highest BCUT2D eigenvalue weighted by atomic mass is 32.2. The molecule has 0 radical (unpaired) electrons. The zero-order chi connectivity index (χ0) is 18.5. The second-order valence-corrected chi connectivity index (χ2v) is 7.54. The molecule has 0 N–H and O–H groups in total. The van der Waals surface area contributed by atoms with Crippen LogP contribution in [-0.4, -0.2) is 44.3 Å². The highest BCUT2D eigenvalue weighted by Gasteiger charge is 2.23. The predicted molar refractivity (Wildman–Crippen MR) is 108 cm³/mol. The Morgan fingerprint density at radius 2 is 2.00 bits per heavy atom. The van der Waals surface area contributed by atoms with Gasteiger partial charge in [-0.05, 0) is 67.6 Å². The summed E-state index contributed by atoms with van der Waals surface area (Å²) >= 11 is 1.74. The number of carbonyl (C=O) groups is 1. The molecule has 0 saturated heterocycles. The summed E-state index contributed by atoms with van der Waals surface area (Å²) in [5.41, 5.74) is 3.45. The molecule has 0 bridgehead atoms. The summed E-state index contributed by atoms with van der Waals surface area (Å²) in [6, 6.07) is 14.5. The molecule has 0 atom stereocenters. The second-order valence-electron chi connectivity index (χ2n) is 6.66. The Balaban J connectivity index is 1.64. The molecule has 26 heavy (non-hydrogen) atoms. The van der Waals surface area contributed by atoms with E-state index >= 15 is 0 Å². The molecule has 1 amide bonds. The monoisotopic (exact) mass is 370 g/mol. The third kappa shape index (κ3) is 4.40. The van der Waals surface area contributed by atoms with Gasteiger partial charge in [0.05, 0.1) is 13.7 Å². The molecule has 0 aromatic heterocycles. The van der Waals surface area contributed by atoms with Crippen molar-refractivity contribution in [3.63, 3.8) is 0 Å². The molecule has 1 aliphatic rings. The van der Waals surface area contributed by atoms with Crippen molar-refractivity contribution in [3.8, 4) is 5.75 Å². The first-order valence-corrected chi connectivity index (χ1v) is 10.1. The maximum absolute atomic E-state index is 12.9. The molecule has 0 fully saturated rings. The SMILES string of the molecule is COc1ccc2c(c1)CCCN2C(=O)CN(C)Cc1ccc(SC)cc1. The van der Waals surface area contributed by atoms with Crippen molar-refractivity contribution in [1.82, 2.24) is 4.90 Å². The minimum absolute atomic E-state index is 0.152. The highest BCUT2D eigenvalue weighted by Crippen LogP contribution is 2.30. The third-order valence-corrected chi connectivity index (χ3v) is 5.47. The smallest absolute Gasteiger partial charge is 0.241 e. The lowest BCUT2D eigenvalue weighted by Crippen LogP contribution is -2.41. The van der Waals surface area contributed by atoms with Gasteiger partial charge in [0, 0.05) is 23.7 Å². The highest BCUT2D eigenvalue weighted by molar-refractivity contribution is 7.98. The number of fused-ring (bicyclic) bond motifs is 1. The van der Waals surface area contributed by atoms with Gasteiger partial charge in [-0.3, -0.25) is 9.69 Å². The topological polar surface area (TPSA) is 32.8 Å². The van der Waals surface area contributed by atoms with Crippen LogP contribution in [-0.2, 0) is 17.8 Å². The lowest BCUT2D eigenvalue weighted by Gasteiger charge is -2.31. The fourth-order valence-corrected chi connectivity index (χ4v) is 3.78. The van der Waals surface area contributed by atoms with Gasteiger partial charge in [0.15, 0.2) is 0 Å². The van der Waals surface area contributed by atoms with Crippen LogP contribution >= 0.6 is 11.8 Å². The number of hydrogen-bond acceptors (Lipinski definition) is 4. The van der Waals surface area contributed by atoms with E-state index in [-0.39, 0.29) is 5.91 Å². The van der Waals surface area contributed by atoms with Crippen molar-refractivity contribution in [2.45, 2.75) is 24.3 Å². The van der Waals surface area contributed by atoms with Gasteiger partial charge >= 0.3 is 0 Å². The Morgan fingerprint density at radius 1 is 1.23 bits per heavy atom. The Hall–Kier alpha value is -1.98. The summed E-state index contributed by atoms with van der Waals surface area (Å²) in [4.78, 5) is 18.1. The fraction of sp³-hybridized carbons (Fsp3) is 0.381. The Morgan fingerprint density at radius 3 is 2.69 bits per heavy atom. The number of thioether (sulfide) groups is 1. The van der Waals surface area contributed by atoms with E-state index in [1.165, 1.54) is 16.0 Å². The van der Waals surface area contributed by atoms with Crippen molar-refractivity contribution in [2.24, 2.45) is 0 Å². The second kappa shape index (κ2) is 8.60. The number of amides is 1. The van der Waals surface area contributed by atoms with Crippen LogP contribution in [0.3, 0.4) is 0 Å². The molecule has 2 aromatic rings. The summed E-state index contributed by atoms with van der Waals surface area (Å²) in [7, 11) is 3.67. The van der Waals surface area contributed by atoms with E-state index < -0.39 is 0 Å². The fourth-order valence-electron chi connectivity index (χ4n) is 3.37. The lowest BCUT2D eigenvalue weighted by atomic mass is 10.0. The molecule has 5 heteroatoms. The molecule has 2 aromatic carbocycles. The molecular formula is C21H26N2O2S. The van der Waals surface area contributed by atoms with Gasteiger partial charge in [-0.25, -0.2) is 0 Å². The van der Waals surface area contributed by atoms with Gasteiger partial charge in [0.1, 0.15) is 5.75 Å². The number of ether oxygens (including phenoxy) is 1. The van der Waals surface area contributed by atoms with Crippen molar-refractivity contribution >= 4 is 23.4 Å². The normalized spacial score (nSPS) is 13.6. The molecule has 1 heterocycles. The van der Waals surface area contributed by atoms with E-state index in [4.69, 9.17) is 4.74 Å². The number of nitrogens with zero attached hydrogens (tertiary/aromatic N) is 2. The lowest BCUT2D eigenvalue weighted by molar-refractivity contribution is -0.119. The first kappa shape index (κ1) is 18.8. The van der Waals surface area contributed by atoms with Gasteiger partial charge in [-0.15, -0.1) is 11.8 Å². The Kier molecular flexibility index (Phi) is 6.22. The van der Waals surface area contributed by atoms with E-state index in [2.05, 4.69) is 35.4 Å². The maximum atomic E-state index is 12.9. The summed E-state index contributed by atoms with van der Waals surface area (Å²) in [6.07, 6.45) is 4.06. The molecular weight excluding hydrogens is 344 g/mol. The maximum Gasteiger partial charge on any atom is 0.241 e. The third-order valence-electron chi connectivity index (χ3n) is 4.72. The minimum Gasteiger partial charge on any atom is -0.497 e. The molecule has 0 spiro atoms. The first-order chi connectivity index (χ1) is 12.6. The van der Waals surface area contributed by atoms with E-state index in [9.17, 15) is 4.79 Å². The minimum atomic E-state index is 0.152. The molecule has 0 unspecified atom stereocenters. The molecule has 1 aliphatic heterocycles. The number of rotatable bonds is 6. The largest absolute Gasteiger partial charge is 0.497 e. The zero-order valence-corrected chi connectivity index (χ0v) is 16.5. The van der Waals surface area contributed by atoms with Gasteiger partial charge in [0.2, 0.25) is 5.91 Å². The number of methoxy groups -OCH3 is 1. The quantitative estimate of drug-likeness (QED) is 0.724. The van der Waals surface area contributed by atoms with Crippen LogP contribution in [0.1, 0.15) is 17.5 Å².